The number of aliphatic hydroxyl groups excluding tert-OH is 1. The minimum absolute atomic E-state index is 0.0187. The van der Waals surface area contributed by atoms with Crippen LogP contribution in [-0.2, 0) is 5.41 Å². The number of amides is 2. The zero-order valence-corrected chi connectivity index (χ0v) is 12.3. The van der Waals surface area contributed by atoms with Gasteiger partial charge in [0.05, 0.1) is 12.6 Å². The van der Waals surface area contributed by atoms with Crippen molar-refractivity contribution in [1.82, 2.24) is 10.2 Å². The van der Waals surface area contributed by atoms with Gasteiger partial charge >= 0.3 is 6.03 Å². The van der Waals surface area contributed by atoms with Gasteiger partial charge in [0, 0.05) is 18.5 Å². The van der Waals surface area contributed by atoms with E-state index >= 15 is 0 Å². The summed E-state index contributed by atoms with van der Waals surface area (Å²) in [5.41, 5.74) is 1.10. The van der Waals surface area contributed by atoms with E-state index in [1.165, 1.54) is 5.56 Å². The Morgan fingerprint density at radius 1 is 1.40 bits per heavy atom. The number of benzene rings is 1. The van der Waals surface area contributed by atoms with Gasteiger partial charge in [-0.25, -0.2) is 4.79 Å². The van der Waals surface area contributed by atoms with Gasteiger partial charge in [-0.05, 0) is 18.4 Å². The van der Waals surface area contributed by atoms with E-state index in [0.717, 1.165) is 19.4 Å². The number of nitrogens with zero attached hydrogens (tertiary/aromatic N) is 1. The molecule has 1 aromatic rings. The molecule has 1 aliphatic heterocycles. The maximum absolute atomic E-state index is 12.2. The van der Waals surface area contributed by atoms with Crippen LogP contribution in [0.15, 0.2) is 30.3 Å². The molecular formula is C16H24N2O2. The highest BCUT2D eigenvalue weighted by Crippen LogP contribution is 2.22. The minimum atomic E-state index is -0.106. The summed E-state index contributed by atoms with van der Waals surface area (Å²) in [4.78, 5) is 13.9. The van der Waals surface area contributed by atoms with Crippen LogP contribution in [0.2, 0.25) is 0 Å². The fraction of sp³-hybridized carbons (Fsp3) is 0.562. The highest BCUT2D eigenvalue weighted by Gasteiger charge is 2.29. The van der Waals surface area contributed by atoms with Crippen LogP contribution in [0.25, 0.3) is 0 Å². The first kappa shape index (κ1) is 14.9. The lowest BCUT2D eigenvalue weighted by Crippen LogP contribution is -2.47. The van der Waals surface area contributed by atoms with Crippen molar-refractivity contribution < 1.29 is 9.90 Å². The Kier molecular flexibility index (Phi) is 4.65. The third-order valence-corrected chi connectivity index (χ3v) is 4.09. The van der Waals surface area contributed by atoms with Crippen molar-refractivity contribution in [2.75, 3.05) is 19.7 Å². The Bertz CT molecular complexity index is 445. The number of hydrogen-bond donors (Lipinski definition) is 2. The zero-order valence-electron chi connectivity index (χ0n) is 12.3. The first-order chi connectivity index (χ1) is 9.54. The molecule has 110 valence electrons. The summed E-state index contributed by atoms with van der Waals surface area (Å²) in [5.74, 6) is 0. The van der Waals surface area contributed by atoms with E-state index in [4.69, 9.17) is 0 Å². The number of aliphatic hydroxyl groups is 1. The molecule has 4 heteroatoms. The number of urea groups is 1. The van der Waals surface area contributed by atoms with E-state index < -0.39 is 0 Å². The summed E-state index contributed by atoms with van der Waals surface area (Å²) in [6.45, 7) is 5.62. The van der Waals surface area contributed by atoms with Crippen LogP contribution in [-0.4, -0.2) is 41.8 Å². The summed E-state index contributed by atoms with van der Waals surface area (Å²) in [6, 6.07) is 10.1. The molecule has 1 saturated heterocycles. The largest absolute Gasteiger partial charge is 0.394 e. The Morgan fingerprint density at radius 3 is 2.75 bits per heavy atom. The standard InChI is InChI=1S/C16H24N2O2/c1-16(2,13-7-4-3-5-8-13)12-17-15(20)18-10-6-9-14(18)11-19/h3-5,7-8,14,19H,6,9-12H2,1-2H3,(H,17,20)/t14-/m0/s1. The molecule has 1 heterocycles. The molecule has 0 bridgehead atoms. The first-order valence-corrected chi connectivity index (χ1v) is 7.25. The molecule has 1 fully saturated rings. The van der Waals surface area contributed by atoms with Crippen molar-refractivity contribution in [3.05, 3.63) is 35.9 Å². The van der Waals surface area contributed by atoms with Crippen molar-refractivity contribution >= 4 is 6.03 Å². The molecule has 2 N–H and O–H groups in total. The summed E-state index contributed by atoms with van der Waals surface area (Å²) in [5, 5.41) is 12.3. The number of nitrogens with one attached hydrogen (secondary N) is 1. The fourth-order valence-corrected chi connectivity index (χ4v) is 2.68. The fourth-order valence-electron chi connectivity index (χ4n) is 2.68. The Balaban J connectivity index is 1.93. The molecule has 0 saturated carbocycles. The third-order valence-electron chi connectivity index (χ3n) is 4.09. The Morgan fingerprint density at radius 2 is 2.10 bits per heavy atom. The van der Waals surface area contributed by atoms with E-state index in [-0.39, 0.29) is 24.1 Å². The van der Waals surface area contributed by atoms with Crippen molar-refractivity contribution in [3.63, 3.8) is 0 Å². The molecule has 4 nitrogen and oxygen atoms in total. The van der Waals surface area contributed by atoms with Crippen molar-refractivity contribution in [3.8, 4) is 0 Å². The smallest absolute Gasteiger partial charge is 0.317 e. The zero-order chi connectivity index (χ0) is 14.6. The molecule has 0 aliphatic carbocycles. The second kappa shape index (κ2) is 6.27. The normalized spacial score (nSPS) is 19.1. The lowest BCUT2D eigenvalue weighted by atomic mass is 9.85. The number of hydrogen-bond acceptors (Lipinski definition) is 2. The number of carbonyl (C=O) groups is 1. The molecular weight excluding hydrogens is 252 g/mol. The molecule has 2 rings (SSSR count). The highest BCUT2D eigenvalue weighted by molar-refractivity contribution is 5.75. The summed E-state index contributed by atoms with van der Waals surface area (Å²) in [6.07, 6.45) is 1.87. The molecule has 0 unspecified atom stereocenters. The van der Waals surface area contributed by atoms with Crippen LogP contribution in [0.5, 0.6) is 0 Å². The van der Waals surface area contributed by atoms with Gasteiger partial charge in [-0.15, -0.1) is 0 Å². The van der Waals surface area contributed by atoms with Crippen LogP contribution in [0.1, 0.15) is 32.3 Å². The molecule has 1 aromatic carbocycles. The molecule has 0 radical (unpaired) electrons. The van der Waals surface area contributed by atoms with Gasteiger partial charge in [-0.1, -0.05) is 44.2 Å². The second-order valence-electron chi connectivity index (χ2n) is 6.08. The summed E-state index contributed by atoms with van der Waals surface area (Å²) >= 11 is 0. The van der Waals surface area contributed by atoms with Crippen LogP contribution < -0.4 is 5.32 Å². The second-order valence-corrected chi connectivity index (χ2v) is 6.08. The molecule has 1 atom stereocenters. The molecule has 20 heavy (non-hydrogen) atoms. The maximum Gasteiger partial charge on any atom is 0.317 e. The van der Waals surface area contributed by atoms with Gasteiger partial charge in [0.25, 0.3) is 0 Å². The topological polar surface area (TPSA) is 52.6 Å². The molecule has 2 amide bonds. The Labute approximate surface area is 120 Å². The van der Waals surface area contributed by atoms with Gasteiger partial charge in [-0.2, -0.15) is 0 Å². The van der Waals surface area contributed by atoms with Crippen molar-refractivity contribution in [1.29, 1.82) is 0 Å². The predicted octanol–water partition coefficient (Wildman–Crippen LogP) is 2.13. The predicted molar refractivity (Wildman–Crippen MR) is 79.7 cm³/mol. The number of likely N-dealkylation sites (tertiary alicyclic amines) is 1. The Hall–Kier alpha value is -1.55. The van der Waals surface area contributed by atoms with E-state index in [1.807, 2.05) is 18.2 Å². The first-order valence-electron chi connectivity index (χ1n) is 7.25. The summed E-state index contributed by atoms with van der Waals surface area (Å²) < 4.78 is 0. The van der Waals surface area contributed by atoms with E-state index in [9.17, 15) is 9.90 Å². The minimum Gasteiger partial charge on any atom is -0.394 e. The van der Waals surface area contributed by atoms with Crippen LogP contribution in [0.3, 0.4) is 0 Å². The van der Waals surface area contributed by atoms with Crippen LogP contribution in [0, 0.1) is 0 Å². The third kappa shape index (κ3) is 3.31. The maximum atomic E-state index is 12.2. The highest BCUT2D eigenvalue weighted by atomic mass is 16.3. The quantitative estimate of drug-likeness (QED) is 0.885. The van der Waals surface area contributed by atoms with Gasteiger partial charge in [0.1, 0.15) is 0 Å². The lowest BCUT2D eigenvalue weighted by Gasteiger charge is -2.29. The molecule has 0 aromatic heterocycles. The van der Waals surface area contributed by atoms with Gasteiger partial charge in [-0.3, -0.25) is 0 Å². The van der Waals surface area contributed by atoms with Crippen LogP contribution >= 0.6 is 0 Å². The number of carbonyl (C=O) groups excluding carboxylic acids is 1. The van der Waals surface area contributed by atoms with Crippen molar-refractivity contribution in [2.45, 2.75) is 38.1 Å². The van der Waals surface area contributed by atoms with E-state index in [0.29, 0.717) is 6.54 Å². The number of rotatable bonds is 4. The average molecular weight is 276 g/mol. The van der Waals surface area contributed by atoms with Crippen molar-refractivity contribution in [2.24, 2.45) is 0 Å². The molecule has 0 spiro atoms. The van der Waals surface area contributed by atoms with Crippen LogP contribution in [0.4, 0.5) is 4.79 Å². The summed E-state index contributed by atoms with van der Waals surface area (Å²) in [7, 11) is 0. The van der Waals surface area contributed by atoms with E-state index in [2.05, 4.69) is 31.3 Å². The average Bonchev–Trinajstić information content (AvgIpc) is 2.94. The molecule has 1 aliphatic rings. The van der Waals surface area contributed by atoms with Gasteiger partial charge in [0.15, 0.2) is 0 Å². The monoisotopic (exact) mass is 276 g/mol. The van der Waals surface area contributed by atoms with Gasteiger partial charge in [0.2, 0.25) is 0 Å². The van der Waals surface area contributed by atoms with E-state index in [1.54, 1.807) is 4.90 Å². The SMILES string of the molecule is CC(C)(CNC(=O)N1CCC[C@H]1CO)c1ccccc1. The lowest BCUT2D eigenvalue weighted by molar-refractivity contribution is 0.156. The van der Waals surface area contributed by atoms with Gasteiger partial charge < -0.3 is 15.3 Å².